The molecule has 0 aliphatic heterocycles. The molecule has 3 aromatic carbocycles. The normalized spacial score (nSPS) is 12.7. The van der Waals surface area contributed by atoms with E-state index in [4.69, 9.17) is 0 Å². The maximum absolute atomic E-state index is 12.9. The number of nitrogens with one attached hydrogen (secondary N) is 2. The summed E-state index contributed by atoms with van der Waals surface area (Å²) in [7, 11) is -7.19. The molecule has 32 heavy (non-hydrogen) atoms. The Labute approximate surface area is 188 Å². The molecule has 3 rings (SSSR count). The second-order valence-electron chi connectivity index (χ2n) is 7.49. The van der Waals surface area contributed by atoms with Crippen LogP contribution >= 0.6 is 0 Å². The first-order valence-corrected chi connectivity index (χ1v) is 13.1. The van der Waals surface area contributed by atoms with Gasteiger partial charge in [0.1, 0.15) is 0 Å². The van der Waals surface area contributed by atoms with Gasteiger partial charge in [-0.1, -0.05) is 36.4 Å². The summed E-state index contributed by atoms with van der Waals surface area (Å²) >= 11 is 0. The van der Waals surface area contributed by atoms with Crippen LogP contribution in [0, 0.1) is 6.92 Å². The molecule has 0 unspecified atom stereocenters. The average molecular weight is 473 g/mol. The largest absolute Gasteiger partial charge is 0.346 e. The number of amides is 1. The van der Waals surface area contributed by atoms with Gasteiger partial charge in [0.05, 0.1) is 15.8 Å². The van der Waals surface area contributed by atoms with Crippen molar-refractivity contribution in [2.75, 3.05) is 11.0 Å². The Balaban J connectivity index is 1.80. The Morgan fingerprint density at radius 1 is 0.875 bits per heavy atom. The third-order valence-electron chi connectivity index (χ3n) is 4.92. The van der Waals surface area contributed by atoms with Gasteiger partial charge in [-0.15, -0.1) is 0 Å². The Kier molecular flexibility index (Phi) is 6.71. The van der Waals surface area contributed by atoms with E-state index in [2.05, 4.69) is 10.0 Å². The van der Waals surface area contributed by atoms with Crippen LogP contribution in [0.3, 0.4) is 0 Å². The van der Waals surface area contributed by atoms with E-state index >= 15 is 0 Å². The van der Waals surface area contributed by atoms with Gasteiger partial charge < -0.3 is 5.32 Å². The van der Waals surface area contributed by atoms with E-state index in [9.17, 15) is 21.6 Å². The number of anilines is 1. The van der Waals surface area contributed by atoms with Crippen molar-refractivity contribution in [2.45, 2.75) is 29.7 Å². The van der Waals surface area contributed by atoms with Crippen molar-refractivity contribution in [3.8, 4) is 0 Å². The maximum Gasteiger partial charge on any atom is 0.262 e. The number of sulfone groups is 1. The molecule has 7 nitrogen and oxygen atoms in total. The average Bonchev–Trinajstić information content (AvgIpc) is 2.73. The van der Waals surface area contributed by atoms with Crippen molar-refractivity contribution >= 4 is 31.5 Å². The van der Waals surface area contributed by atoms with Crippen LogP contribution < -0.4 is 10.0 Å². The first kappa shape index (κ1) is 23.5. The fourth-order valence-electron chi connectivity index (χ4n) is 3.11. The van der Waals surface area contributed by atoms with E-state index in [-0.39, 0.29) is 15.4 Å². The summed E-state index contributed by atoms with van der Waals surface area (Å²) in [6, 6.07) is 18.8. The van der Waals surface area contributed by atoms with Crippen LogP contribution in [0.1, 0.15) is 34.5 Å². The summed E-state index contributed by atoms with van der Waals surface area (Å²) in [5, 5.41) is 2.81. The smallest absolute Gasteiger partial charge is 0.262 e. The summed E-state index contributed by atoms with van der Waals surface area (Å²) in [5.41, 5.74) is 1.85. The minimum absolute atomic E-state index is 0.0131. The van der Waals surface area contributed by atoms with Crippen LogP contribution in [0.15, 0.2) is 82.6 Å². The van der Waals surface area contributed by atoms with Gasteiger partial charge >= 0.3 is 0 Å². The molecule has 1 atom stereocenters. The third-order valence-corrected chi connectivity index (χ3v) is 7.57. The monoisotopic (exact) mass is 472 g/mol. The number of hydrogen-bond acceptors (Lipinski definition) is 5. The van der Waals surface area contributed by atoms with E-state index in [0.717, 1.165) is 11.8 Å². The summed E-state index contributed by atoms with van der Waals surface area (Å²) in [4.78, 5) is 13.0. The van der Waals surface area contributed by atoms with E-state index in [0.29, 0.717) is 11.3 Å². The molecule has 0 aromatic heterocycles. The fraction of sp³-hybridized carbons (Fsp3) is 0.174. The number of para-hydroxylation sites is 1. The van der Waals surface area contributed by atoms with Gasteiger partial charge in [0.25, 0.3) is 15.9 Å². The molecule has 2 N–H and O–H groups in total. The number of aryl methyl sites for hydroxylation is 1. The first-order valence-electron chi connectivity index (χ1n) is 9.77. The van der Waals surface area contributed by atoms with Gasteiger partial charge in [-0.05, 0) is 61.4 Å². The number of benzene rings is 3. The molecule has 0 radical (unpaired) electrons. The summed E-state index contributed by atoms with van der Waals surface area (Å²) < 4.78 is 51.5. The summed E-state index contributed by atoms with van der Waals surface area (Å²) in [5.74, 6) is -0.444. The highest BCUT2D eigenvalue weighted by atomic mass is 32.2. The van der Waals surface area contributed by atoms with Crippen molar-refractivity contribution in [1.82, 2.24) is 5.32 Å². The fourth-order valence-corrected chi connectivity index (χ4v) is 5.08. The Bertz CT molecular complexity index is 1330. The van der Waals surface area contributed by atoms with Crippen LogP contribution in [0.2, 0.25) is 0 Å². The molecule has 0 saturated heterocycles. The molecule has 0 saturated carbocycles. The standard InChI is InChI=1S/C23H24N2O5S2/c1-16-9-10-19(15-22(16)32(29,30)25-20-7-5-4-6-8-20)23(26)24-17(2)18-11-13-21(14-12-18)31(3,27)28/h4-15,17,25H,1-3H3,(H,24,26)/t17-/m1/s1. The van der Waals surface area contributed by atoms with Crippen LogP contribution in [0.5, 0.6) is 0 Å². The van der Waals surface area contributed by atoms with Gasteiger partial charge in [0, 0.05) is 17.5 Å². The predicted molar refractivity (Wildman–Crippen MR) is 124 cm³/mol. The molecular weight excluding hydrogens is 448 g/mol. The lowest BCUT2D eigenvalue weighted by molar-refractivity contribution is 0.0939. The number of carbonyl (C=O) groups excluding carboxylic acids is 1. The maximum atomic E-state index is 12.9. The van der Waals surface area contributed by atoms with Gasteiger partial charge in [0.2, 0.25) is 0 Å². The molecule has 1 amide bonds. The molecule has 0 fully saturated rings. The van der Waals surface area contributed by atoms with Gasteiger partial charge in [-0.25, -0.2) is 16.8 Å². The molecule has 3 aromatic rings. The highest BCUT2D eigenvalue weighted by Crippen LogP contribution is 2.22. The molecule has 0 spiro atoms. The zero-order valence-corrected chi connectivity index (χ0v) is 19.5. The quantitative estimate of drug-likeness (QED) is 0.545. The highest BCUT2D eigenvalue weighted by Gasteiger charge is 2.20. The molecule has 0 aliphatic carbocycles. The summed E-state index contributed by atoms with van der Waals surface area (Å²) in [6.07, 6.45) is 1.13. The molecular formula is C23H24N2O5S2. The van der Waals surface area contributed by atoms with Crippen molar-refractivity contribution < 1.29 is 21.6 Å². The van der Waals surface area contributed by atoms with Crippen LogP contribution in [-0.2, 0) is 19.9 Å². The molecule has 9 heteroatoms. The van der Waals surface area contributed by atoms with Gasteiger partial charge in [-0.3, -0.25) is 9.52 Å². The highest BCUT2D eigenvalue weighted by molar-refractivity contribution is 7.92. The zero-order valence-electron chi connectivity index (χ0n) is 17.9. The lowest BCUT2D eigenvalue weighted by Crippen LogP contribution is -2.27. The van der Waals surface area contributed by atoms with Gasteiger partial charge in [-0.2, -0.15) is 0 Å². The Hall–Kier alpha value is -3.17. The number of sulfonamides is 1. The number of hydrogen-bond donors (Lipinski definition) is 2. The SMILES string of the molecule is Cc1ccc(C(=O)N[C@H](C)c2ccc(S(C)(=O)=O)cc2)cc1S(=O)(=O)Nc1ccccc1. The van der Waals surface area contributed by atoms with E-state index in [1.165, 1.54) is 18.2 Å². The number of carbonyl (C=O) groups is 1. The molecule has 0 bridgehead atoms. The van der Waals surface area contributed by atoms with Crippen molar-refractivity contribution in [2.24, 2.45) is 0 Å². The minimum Gasteiger partial charge on any atom is -0.346 e. The van der Waals surface area contributed by atoms with Crippen molar-refractivity contribution in [3.63, 3.8) is 0 Å². The summed E-state index contributed by atoms with van der Waals surface area (Å²) in [6.45, 7) is 3.42. The van der Waals surface area contributed by atoms with Crippen molar-refractivity contribution in [3.05, 3.63) is 89.5 Å². The Morgan fingerprint density at radius 3 is 2.09 bits per heavy atom. The second kappa shape index (κ2) is 9.13. The molecule has 168 valence electrons. The van der Waals surface area contributed by atoms with Crippen LogP contribution in [0.25, 0.3) is 0 Å². The lowest BCUT2D eigenvalue weighted by atomic mass is 10.1. The third kappa shape index (κ3) is 5.54. The molecule has 0 heterocycles. The van der Waals surface area contributed by atoms with Gasteiger partial charge in [0.15, 0.2) is 9.84 Å². The van der Waals surface area contributed by atoms with Crippen LogP contribution in [-0.4, -0.2) is 29.0 Å². The topological polar surface area (TPSA) is 109 Å². The predicted octanol–water partition coefficient (Wildman–Crippen LogP) is 3.69. The van der Waals surface area contributed by atoms with Crippen LogP contribution in [0.4, 0.5) is 5.69 Å². The van der Waals surface area contributed by atoms with E-state index in [1.54, 1.807) is 68.4 Å². The molecule has 0 aliphatic rings. The minimum atomic E-state index is -3.89. The first-order chi connectivity index (χ1) is 15.0. The number of rotatable bonds is 7. The van der Waals surface area contributed by atoms with E-state index in [1.807, 2.05) is 0 Å². The van der Waals surface area contributed by atoms with Crippen molar-refractivity contribution in [1.29, 1.82) is 0 Å². The second-order valence-corrected chi connectivity index (χ2v) is 11.2. The zero-order chi connectivity index (χ0) is 23.5. The Morgan fingerprint density at radius 2 is 1.50 bits per heavy atom. The van der Waals surface area contributed by atoms with E-state index < -0.39 is 31.8 Å². The lowest BCUT2D eigenvalue weighted by Gasteiger charge is -2.16.